The number of primary amides is 1. The number of amides is 3. The van der Waals surface area contributed by atoms with Gasteiger partial charge in [-0.05, 0) is 46.2 Å². The molecule has 2 unspecified atom stereocenters. The second-order valence-corrected chi connectivity index (χ2v) is 5.23. The minimum atomic E-state index is -0.805. The topological polar surface area (TPSA) is 87.5 Å². The lowest BCUT2D eigenvalue weighted by Gasteiger charge is -2.21. The molecule has 1 heterocycles. The summed E-state index contributed by atoms with van der Waals surface area (Å²) in [7, 11) is 0. The average Bonchev–Trinajstić information content (AvgIpc) is 2.73. The van der Waals surface area contributed by atoms with E-state index < -0.39 is 12.1 Å². The Morgan fingerprint density at radius 3 is 2.56 bits per heavy atom. The number of hydrogen-bond acceptors (Lipinski definition) is 4. The Morgan fingerprint density at radius 1 is 1.39 bits per heavy atom. The van der Waals surface area contributed by atoms with Gasteiger partial charge in [0.25, 0.3) is 0 Å². The molecule has 0 aromatic carbocycles. The molecule has 1 aliphatic rings. The summed E-state index contributed by atoms with van der Waals surface area (Å²) in [6, 6.07) is -0.628. The van der Waals surface area contributed by atoms with Gasteiger partial charge in [0, 0.05) is 12.6 Å². The second-order valence-electron chi connectivity index (χ2n) is 5.23. The third-order valence-electron chi connectivity index (χ3n) is 3.40. The standard InChI is InChI=1S/C12H24N4O2/c1-8(2)16-5-4-10(7-16)6-14-9(3)11(17)15-12(13)18/h8-10,14H,4-7H2,1-3H3,(H3,13,15,17,18). The highest BCUT2D eigenvalue weighted by molar-refractivity contribution is 5.96. The molecule has 0 saturated carbocycles. The lowest BCUT2D eigenvalue weighted by molar-refractivity contribution is -0.121. The molecule has 6 heteroatoms. The van der Waals surface area contributed by atoms with Crippen molar-refractivity contribution in [2.24, 2.45) is 11.7 Å². The zero-order valence-corrected chi connectivity index (χ0v) is 11.4. The summed E-state index contributed by atoms with van der Waals surface area (Å²) in [4.78, 5) is 24.4. The Hall–Kier alpha value is -1.14. The molecule has 0 aromatic rings. The number of imide groups is 1. The SMILES string of the molecule is CC(NCC1CCN(C(C)C)C1)C(=O)NC(N)=O. The highest BCUT2D eigenvalue weighted by atomic mass is 16.2. The van der Waals surface area contributed by atoms with Crippen molar-refractivity contribution >= 4 is 11.9 Å². The molecule has 1 saturated heterocycles. The zero-order chi connectivity index (χ0) is 13.7. The maximum Gasteiger partial charge on any atom is 0.318 e. The molecule has 0 aromatic heterocycles. The molecular formula is C12H24N4O2. The first-order valence-electron chi connectivity index (χ1n) is 6.48. The molecular weight excluding hydrogens is 232 g/mol. The maximum atomic E-state index is 11.4. The van der Waals surface area contributed by atoms with Gasteiger partial charge in [0.05, 0.1) is 6.04 Å². The molecule has 104 valence electrons. The number of nitrogens with two attached hydrogens (primary N) is 1. The van der Waals surface area contributed by atoms with Gasteiger partial charge in [0.2, 0.25) is 5.91 Å². The lowest BCUT2D eigenvalue weighted by Crippen LogP contribution is -2.47. The molecule has 0 radical (unpaired) electrons. The van der Waals surface area contributed by atoms with Crippen molar-refractivity contribution in [3.05, 3.63) is 0 Å². The van der Waals surface area contributed by atoms with E-state index in [1.165, 1.54) is 0 Å². The summed E-state index contributed by atoms with van der Waals surface area (Å²) in [5, 5.41) is 5.21. The van der Waals surface area contributed by atoms with Crippen LogP contribution < -0.4 is 16.4 Å². The Kier molecular flexibility index (Phi) is 5.55. The third-order valence-corrected chi connectivity index (χ3v) is 3.40. The molecule has 18 heavy (non-hydrogen) atoms. The van der Waals surface area contributed by atoms with E-state index >= 15 is 0 Å². The number of carbonyl (C=O) groups excluding carboxylic acids is 2. The Morgan fingerprint density at radius 2 is 2.06 bits per heavy atom. The van der Waals surface area contributed by atoms with Crippen LogP contribution in [0.5, 0.6) is 0 Å². The van der Waals surface area contributed by atoms with E-state index in [1.54, 1.807) is 6.92 Å². The van der Waals surface area contributed by atoms with Crippen molar-refractivity contribution in [3.63, 3.8) is 0 Å². The van der Waals surface area contributed by atoms with Gasteiger partial charge in [0.15, 0.2) is 0 Å². The van der Waals surface area contributed by atoms with Gasteiger partial charge in [-0.15, -0.1) is 0 Å². The zero-order valence-electron chi connectivity index (χ0n) is 11.4. The van der Waals surface area contributed by atoms with Gasteiger partial charge < -0.3 is 16.0 Å². The Balaban J connectivity index is 2.25. The van der Waals surface area contributed by atoms with E-state index in [2.05, 4.69) is 29.4 Å². The first kappa shape index (κ1) is 14.9. The molecule has 2 atom stereocenters. The van der Waals surface area contributed by atoms with Crippen LogP contribution >= 0.6 is 0 Å². The predicted molar refractivity (Wildman–Crippen MR) is 70.0 cm³/mol. The van der Waals surface area contributed by atoms with Crippen molar-refractivity contribution in [3.8, 4) is 0 Å². The monoisotopic (exact) mass is 256 g/mol. The van der Waals surface area contributed by atoms with Crippen molar-refractivity contribution in [1.29, 1.82) is 0 Å². The fourth-order valence-corrected chi connectivity index (χ4v) is 2.16. The highest BCUT2D eigenvalue weighted by Gasteiger charge is 2.25. The highest BCUT2D eigenvalue weighted by Crippen LogP contribution is 2.17. The summed E-state index contributed by atoms with van der Waals surface area (Å²) in [6.45, 7) is 9.09. The average molecular weight is 256 g/mol. The van der Waals surface area contributed by atoms with E-state index in [0.29, 0.717) is 12.0 Å². The summed E-state index contributed by atoms with van der Waals surface area (Å²) in [5.74, 6) is 0.192. The lowest BCUT2D eigenvalue weighted by atomic mass is 10.1. The van der Waals surface area contributed by atoms with Gasteiger partial charge in [-0.3, -0.25) is 10.1 Å². The fraction of sp³-hybridized carbons (Fsp3) is 0.833. The van der Waals surface area contributed by atoms with Crippen LogP contribution in [0.3, 0.4) is 0 Å². The van der Waals surface area contributed by atoms with Crippen LogP contribution in [0.15, 0.2) is 0 Å². The molecule has 0 bridgehead atoms. The Labute approximate surface area is 108 Å². The predicted octanol–water partition coefficient (Wildman–Crippen LogP) is -0.110. The van der Waals surface area contributed by atoms with Gasteiger partial charge >= 0.3 is 6.03 Å². The van der Waals surface area contributed by atoms with E-state index in [1.807, 2.05) is 0 Å². The van der Waals surface area contributed by atoms with E-state index in [4.69, 9.17) is 5.73 Å². The number of hydrogen-bond donors (Lipinski definition) is 3. The van der Waals surface area contributed by atoms with E-state index in [0.717, 1.165) is 26.1 Å². The Bertz CT molecular complexity index is 306. The van der Waals surface area contributed by atoms with Crippen LogP contribution in [0.4, 0.5) is 4.79 Å². The number of likely N-dealkylation sites (tertiary alicyclic amines) is 1. The summed E-state index contributed by atoms with van der Waals surface area (Å²) in [5.41, 5.74) is 4.90. The van der Waals surface area contributed by atoms with Gasteiger partial charge in [-0.2, -0.15) is 0 Å². The molecule has 0 aliphatic carbocycles. The summed E-state index contributed by atoms with van der Waals surface area (Å²) >= 11 is 0. The number of nitrogens with one attached hydrogen (secondary N) is 2. The molecule has 0 spiro atoms. The molecule has 1 fully saturated rings. The quantitative estimate of drug-likeness (QED) is 0.640. The van der Waals surface area contributed by atoms with E-state index in [-0.39, 0.29) is 5.91 Å². The minimum Gasteiger partial charge on any atom is -0.351 e. The van der Waals surface area contributed by atoms with Crippen LogP contribution in [0.25, 0.3) is 0 Å². The number of carbonyl (C=O) groups is 2. The molecule has 6 nitrogen and oxygen atoms in total. The van der Waals surface area contributed by atoms with Crippen molar-refractivity contribution in [2.75, 3.05) is 19.6 Å². The van der Waals surface area contributed by atoms with Gasteiger partial charge in [0.1, 0.15) is 0 Å². The van der Waals surface area contributed by atoms with Gasteiger partial charge in [-0.25, -0.2) is 4.79 Å². The first-order valence-corrected chi connectivity index (χ1v) is 6.48. The van der Waals surface area contributed by atoms with Crippen LogP contribution in [-0.4, -0.2) is 48.6 Å². The molecule has 1 rings (SSSR count). The fourth-order valence-electron chi connectivity index (χ4n) is 2.16. The second kappa shape index (κ2) is 6.70. The molecule has 3 amide bonds. The molecule has 4 N–H and O–H groups in total. The van der Waals surface area contributed by atoms with Crippen molar-refractivity contribution in [2.45, 2.75) is 39.3 Å². The van der Waals surface area contributed by atoms with Crippen molar-refractivity contribution in [1.82, 2.24) is 15.5 Å². The number of nitrogens with zero attached hydrogens (tertiary/aromatic N) is 1. The van der Waals surface area contributed by atoms with Crippen LogP contribution in [0, 0.1) is 5.92 Å². The first-order chi connectivity index (χ1) is 8.40. The maximum absolute atomic E-state index is 11.4. The summed E-state index contributed by atoms with van der Waals surface area (Å²) in [6.07, 6.45) is 1.15. The number of rotatable bonds is 5. The third kappa shape index (κ3) is 4.62. The minimum absolute atomic E-state index is 0.374. The largest absolute Gasteiger partial charge is 0.351 e. The normalized spacial score (nSPS) is 22.1. The van der Waals surface area contributed by atoms with Crippen LogP contribution in [0.2, 0.25) is 0 Å². The number of urea groups is 1. The van der Waals surface area contributed by atoms with Crippen LogP contribution in [-0.2, 0) is 4.79 Å². The molecule has 1 aliphatic heterocycles. The van der Waals surface area contributed by atoms with Crippen LogP contribution in [0.1, 0.15) is 27.2 Å². The van der Waals surface area contributed by atoms with E-state index in [9.17, 15) is 9.59 Å². The van der Waals surface area contributed by atoms with Gasteiger partial charge in [-0.1, -0.05) is 0 Å². The summed E-state index contributed by atoms with van der Waals surface area (Å²) < 4.78 is 0. The smallest absolute Gasteiger partial charge is 0.318 e. The van der Waals surface area contributed by atoms with Crippen molar-refractivity contribution < 1.29 is 9.59 Å².